The van der Waals surface area contributed by atoms with Crippen molar-refractivity contribution in [2.75, 3.05) is 26.2 Å². The summed E-state index contributed by atoms with van der Waals surface area (Å²) in [7, 11) is 0. The number of benzene rings is 1. The smallest absolute Gasteiger partial charge is 0.119 e. The highest BCUT2D eigenvalue weighted by atomic mass is 16.5. The Kier molecular flexibility index (Phi) is 6.75. The molecular formula is C20H33NO. The molecular weight excluding hydrogens is 270 g/mol. The van der Waals surface area contributed by atoms with Crippen molar-refractivity contribution in [2.45, 2.75) is 59.3 Å². The van der Waals surface area contributed by atoms with Gasteiger partial charge in [-0.25, -0.2) is 0 Å². The summed E-state index contributed by atoms with van der Waals surface area (Å²) >= 11 is 0. The van der Waals surface area contributed by atoms with Crippen molar-refractivity contribution < 1.29 is 4.74 Å². The minimum Gasteiger partial charge on any atom is -0.494 e. The van der Waals surface area contributed by atoms with Crippen LogP contribution in [-0.4, -0.2) is 31.1 Å². The van der Waals surface area contributed by atoms with Crippen LogP contribution >= 0.6 is 0 Å². The summed E-state index contributed by atoms with van der Waals surface area (Å²) in [4.78, 5) is 2.62. The fourth-order valence-corrected chi connectivity index (χ4v) is 3.31. The molecule has 1 aromatic carbocycles. The quantitative estimate of drug-likeness (QED) is 0.657. The number of likely N-dealkylation sites (tertiary alicyclic amines) is 1. The SMILES string of the molecule is Cc1cc(OCCCCN2CCCC(C)C2)cc(C(C)C)c1. The van der Waals surface area contributed by atoms with Crippen molar-refractivity contribution >= 4 is 0 Å². The molecule has 1 aliphatic heterocycles. The third-order valence-corrected chi connectivity index (χ3v) is 4.62. The van der Waals surface area contributed by atoms with Crippen LogP contribution < -0.4 is 4.74 Å². The molecule has 1 saturated heterocycles. The van der Waals surface area contributed by atoms with Crippen molar-refractivity contribution in [2.24, 2.45) is 5.92 Å². The van der Waals surface area contributed by atoms with Gasteiger partial charge < -0.3 is 9.64 Å². The summed E-state index contributed by atoms with van der Waals surface area (Å²) in [5.41, 5.74) is 2.67. The van der Waals surface area contributed by atoms with E-state index in [1.807, 2.05) is 0 Å². The third-order valence-electron chi connectivity index (χ3n) is 4.62. The number of unbranched alkanes of at least 4 members (excludes halogenated alkanes) is 1. The molecule has 0 amide bonds. The zero-order valence-electron chi connectivity index (χ0n) is 14.9. The van der Waals surface area contributed by atoms with Crippen LogP contribution in [0.4, 0.5) is 0 Å². The lowest BCUT2D eigenvalue weighted by Crippen LogP contribution is -2.35. The predicted octanol–water partition coefficient (Wildman–Crippen LogP) is 5.01. The van der Waals surface area contributed by atoms with E-state index in [1.165, 1.54) is 50.0 Å². The maximum Gasteiger partial charge on any atom is 0.119 e. The Labute approximate surface area is 136 Å². The first-order valence-corrected chi connectivity index (χ1v) is 9.01. The van der Waals surface area contributed by atoms with Crippen LogP contribution in [0, 0.1) is 12.8 Å². The molecule has 2 rings (SSSR count). The number of hydrogen-bond donors (Lipinski definition) is 0. The molecule has 0 spiro atoms. The van der Waals surface area contributed by atoms with Crippen LogP contribution in [0.15, 0.2) is 18.2 Å². The normalized spacial score (nSPS) is 19.6. The van der Waals surface area contributed by atoms with Gasteiger partial charge in [-0.15, -0.1) is 0 Å². The van der Waals surface area contributed by atoms with Crippen molar-refractivity contribution in [3.05, 3.63) is 29.3 Å². The monoisotopic (exact) mass is 303 g/mol. The molecule has 0 bridgehead atoms. The first-order chi connectivity index (χ1) is 10.5. The van der Waals surface area contributed by atoms with Crippen LogP contribution in [0.25, 0.3) is 0 Å². The van der Waals surface area contributed by atoms with E-state index in [2.05, 4.69) is 50.8 Å². The molecule has 1 aromatic rings. The highest BCUT2D eigenvalue weighted by molar-refractivity contribution is 5.35. The predicted molar refractivity (Wildman–Crippen MR) is 94.8 cm³/mol. The molecule has 0 radical (unpaired) electrons. The maximum absolute atomic E-state index is 5.97. The minimum absolute atomic E-state index is 0.559. The molecule has 1 aliphatic rings. The van der Waals surface area contributed by atoms with Gasteiger partial charge in [-0.1, -0.05) is 26.8 Å². The molecule has 0 saturated carbocycles. The Morgan fingerprint density at radius 2 is 2.05 bits per heavy atom. The Balaban J connectivity index is 1.68. The van der Waals surface area contributed by atoms with Gasteiger partial charge in [0.25, 0.3) is 0 Å². The van der Waals surface area contributed by atoms with Crippen molar-refractivity contribution in [1.29, 1.82) is 0 Å². The highest BCUT2D eigenvalue weighted by Crippen LogP contribution is 2.23. The lowest BCUT2D eigenvalue weighted by Gasteiger charge is -2.30. The Morgan fingerprint density at radius 3 is 2.77 bits per heavy atom. The molecule has 1 fully saturated rings. The number of nitrogens with zero attached hydrogens (tertiary/aromatic N) is 1. The lowest BCUT2D eigenvalue weighted by molar-refractivity contribution is 0.177. The summed E-state index contributed by atoms with van der Waals surface area (Å²) in [6.45, 7) is 13.6. The summed E-state index contributed by atoms with van der Waals surface area (Å²) in [6.07, 6.45) is 5.18. The standard InChI is InChI=1S/C20H33NO/c1-16(2)19-12-18(4)13-20(14-19)22-11-6-5-9-21-10-7-8-17(3)15-21/h12-14,16-17H,5-11,15H2,1-4H3. The van der Waals surface area contributed by atoms with Gasteiger partial charge in [0.1, 0.15) is 5.75 Å². The van der Waals surface area contributed by atoms with E-state index in [1.54, 1.807) is 0 Å². The topological polar surface area (TPSA) is 12.5 Å². The highest BCUT2D eigenvalue weighted by Gasteiger charge is 2.15. The van der Waals surface area contributed by atoms with Crippen molar-refractivity contribution in [3.63, 3.8) is 0 Å². The Morgan fingerprint density at radius 1 is 1.23 bits per heavy atom. The molecule has 22 heavy (non-hydrogen) atoms. The van der Waals surface area contributed by atoms with Crippen LogP contribution in [-0.2, 0) is 0 Å². The van der Waals surface area contributed by atoms with Gasteiger partial charge in [0.2, 0.25) is 0 Å². The van der Waals surface area contributed by atoms with Gasteiger partial charge in [0.15, 0.2) is 0 Å². The number of aryl methyl sites for hydroxylation is 1. The number of piperidine rings is 1. The number of ether oxygens (including phenoxy) is 1. The van der Waals surface area contributed by atoms with Gasteiger partial charge in [0, 0.05) is 6.54 Å². The maximum atomic E-state index is 5.97. The second kappa shape index (κ2) is 8.57. The molecule has 1 heterocycles. The van der Waals surface area contributed by atoms with Gasteiger partial charge in [-0.3, -0.25) is 0 Å². The molecule has 2 heteroatoms. The zero-order valence-corrected chi connectivity index (χ0v) is 14.9. The molecule has 0 N–H and O–H groups in total. The van der Waals surface area contributed by atoms with E-state index in [0.29, 0.717) is 5.92 Å². The first kappa shape index (κ1) is 17.3. The molecule has 1 unspecified atom stereocenters. The first-order valence-electron chi connectivity index (χ1n) is 9.01. The van der Waals surface area contributed by atoms with Gasteiger partial charge in [0.05, 0.1) is 6.61 Å². The van der Waals surface area contributed by atoms with E-state index in [4.69, 9.17) is 4.74 Å². The number of hydrogen-bond acceptors (Lipinski definition) is 2. The van der Waals surface area contributed by atoms with E-state index in [9.17, 15) is 0 Å². The Bertz CT molecular complexity index is 455. The summed E-state index contributed by atoms with van der Waals surface area (Å²) < 4.78 is 5.97. The molecule has 2 nitrogen and oxygen atoms in total. The van der Waals surface area contributed by atoms with Crippen molar-refractivity contribution in [3.8, 4) is 5.75 Å². The summed E-state index contributed by atoms with van der Waals surface area (Å²) in [5.74, 6) is 2.48. The average Bonchev–Trinajstić information content (AvgIpc) is 2.46. The summed E-state index contributed by atoms with van der Waals surface area (Å²) in [6, 6.07) is 6.61. The third kappa shape index (κ3) is 5.64. The van der Waals surface area contributed by atoms with Gasteiger partial charge in [-0.05, 0) is 80.8 Å². The van der Waals surface area contributed by atoms with E-state index in [-0.39, 0.29) is 0 Å². The van der Waals surface area contributed by atoms with Crippen LogP contribution in [0.5, 0.6) is 5.75 Å². The fourth-order valence-electron chi connectivity index (χ4n) is 3.31. The largest absolute Gasteiger partial charge is 0.494 e. The van der Waals surface area contributed by atoms with E-state index in [0.717, 1.165) is 24.7 Å². The fraction of sp³-hybridized carbons (Fsp3) is 0.700. The Hall–Kier alpha value is -1.02. The van der Waals surface area contributed by atoms with E-state index >= 15 is 0 Å². The zero-order chi connectivity index (χ0) is 15.9. The average molecular weight is 303 g/mol. The second-order valence-corrected chi connectivity index (χ2v) is 7.34. The second-order valence-electron chi connectivity index (χ2n) is 7.34. The van der Waals surface area contributed by atoms with Crippen molar-refractivity contribution in [1.82, 2.24) is 4.90 Å². The van der Waals surface area contributed by atoms with Crippen LogP contribution in [0.3, 0.4) is 0 Å². The minimum atomic E-state index is 0.559. The molecule has 124 valence electrons. The molecule has 0 aromatic heterocycles. The lowest BCUT2D eigenvalue weighted by atomic mass is 10.0. The molecule has 0 aliphatic carbocycles. The van der Waals surface area contributed by atoms with Crippen LogP contribution in [0.2, 0.25) is 0 Å². The number of rotatable bonds is 7. The van der Waals surface area contributed by atoms with E-state index < -0.39 is 0 Å². The summed E-state index contributed by atoms with van der Waals surface area (Å²) in [5, 5.41) is 0. The molecule has 1 atom stereocenters. The van der Waals surface area contributed by atoms with Gasteiger partial charge in [-0.2, -0.15) is 0 Å². The van der Waals surface area contributed by atoms with Gasteiger partial charge >= 0.3 is 0 Å². The van der Waals surface area contributed by atoms with Crippen LogP contribution in [0.1, 0.15) is 63.5 Å².